The minimum atomic E-state index is -1.04. The Morgan fingerprint density at radius 3 is 2.36 bits per heavy atom. The van der Waals surface area contributed by atoms with E-state index in [9.17, 15) is 14.7 Å². The number of ether oxygens (including phenoxy) is 1. The standard InChI is InChI=1S/C19H23NO5/c21-12-19(10-4-5-11-19)16(13-6-2-1-3-7-13)20-17(22)14-8-9-15(25-14)18(23)24/h1-7,14-16,21H,8-12H2,(H,20,22)(H,23,24)/t14-,15+,16?/m1/s1. The molecule has 1 heterocycles. The maximum absolute atomic E-state index is 12.7. The molecule has 0 bridgehead atoms. The number of allylic oxidation sites excluding steroid dienone is 2. The first-order valence-electron chi connectivity index (χ1n) is 8.55. The van der Waals surface area contributed by atoms with Gasteiger partial charge in [-0.15, -0.1) is 0 Å². The summed E-state index contributed by atoms with van der Waals surface area (Å²) in [6.07, 6.45) is 4.41. The Labute approximate surface area is 146 Å². The molecule has 0 saturated carbocycles. The number of hydrogen-bond donors (Lipinski definition) is 3. The molecule has 3 atom stereocenters. The van der Waals surface area contributed by atoms with Gasteiger partial charge in [0.15, 0.2) is 6.10 Å². The smallest absolute Gasteiger partial charge is 0.332 e. The van der Waals surface area contributed by atoms with E-state index in [1.165, 1.54) is 0 Å². The van der Waals surface area contributed by atoms with Gasteiger partial charge in [-0.3, -0.25) is 4.79 Å². The van der Waals surface area contributed by atoms with Crippen LogP contribution in [0.25, 0.3) is 0 Å². The van der Waals surface area contributed by atoms with Gasteiger partial charge in [-0.2, -0.15) is 0 Å². The van der Waals surface area contributed by atoms with Crippen LogP contribution in [0.1, 0.15) is 37.3 Å². The molecule has 2 aliphatic rings. The molecular weight excluding hydrogens is 322 g/mol. The van der Waals surface area contributed by atoms with E-state index in [2.05, 4.69) is 5.32 Å². The maximum Gasteiger partial charge on any atom is 0.332 e. The number of carbonyl (C=O) groups excluding carboxylic acids is 1. The number of aliphatic hydroxyl groups excluding tert-OH is 1. The number of rotatable bonds is 6. The van der Waals surface area contributed by atoms with Crippen LogP contribution in [-0.2, 0) is 14.3 Å². The SMILES string of the molecule is O=C(O)[C@@H]1CC[C@H](C(=O)NC(c2ccccc2)C2(CO)CC=CC2)O1. The molecule has 0 spiro atoms. The van der Waals surface area contributed by atoms with Crippen molar-refractivity contribution in [2.45, 2.75) is 43.9 Å². The van der Waals surface area contributed by atoms with Gasteiger partial charge in [-0.1, -0.05) is 42.5 Å². The fraction of sp³-hybridized carbons (Fsp3) is 0.474. The molecule has 6 nitrogen and oxygen atoms in total. The maximum atomic E-state index is 12.7. The Morgan fingerprint density at radius 2 is 1.80 bits per heavy atom. The quantitative estimate of drug-likeness (QED) is 0.683. The summed E-state index contributed by atoms with van der Waals surface area (Å²) in [6, 6.07) is 9.18. The van der Waals surface area contributed by atoms with Crippen LogP contribution in [0.15, 0.2) is 42.5 Å². The molecule has 1 aliphatic carbocycles. The Bertz CT molecular complexity index is 649. The molecule has 134 valence electrons. The molecular formula is C19H23NO5. The molecule has 1 aliphatic heterocycles. The average molecular weight is 345 g/mol. The van der Waals surface area contributed by atoms with Gasteiger partial charge in [0.25, 0.3) is 0 Å². The van der Waals surface area contributed by atoms with Gasteiger partial charge in [0.2, 0.25) is 5.91 Å². The van der Waals surface area contributed by atoms with Gasteiger partial charge in [-0.05, 0) is 31.2 Å². The fourth-order valence-electron chi connectivity index (χ4n) is 3.66. The zero-order chi connectivity index (χ0) is 17.9. The van der Waals surface area contributed by atoms with Gasteiger partial charge in [0.05, 0.1) is 12.6 Å². The summed E-state index contributed by atoms with van der Waals surface area (Å²) < 4.78 is 5.36. The van der Waals surface area contributed by atoms with Crippen molar-refractivity contribution >= 4 is 11.9 Å². The number of aliphatic hydroxyl groups is 1. The van der Waals surface area contributed by atoms with Crippen molar-refractivity contribution in [3.8, 4) is 0 Å². The summed E-state index contributed by atoms with van der Waals surface area (Å²) in [6.45, 7) is -0.0525. The molecule has 0 radical (unpaired) electrons. The number of carbonyl (C=O) groups is 2. The van der Waals surface area contributed by atoms with Crippen LogP contribution in [0.3, 0.4) is 0 Å². The predicted octanol–water partition coefficient (Wildman–Crippen LogP) is 1.80. The molecule has 1 saturated heterocycles. The lowest BCUT2D eigenvalue weighted by molar-refractivity contribution is -0.152. The van der Waals surface area contributed by atoms with E-state index in [4.69, 9.17) is 9.84 Å². The normalized spacial score (nSPS) is 25.6. The van der Waals surface area contributed by atoms with Crippen molar-refractivity contribution in [3.05, 3.63) is 48.0 Å². The Balaban J connectivity index is 1.79. The van der Waals surface area contributed by atoms with Gasteiger partial charge >= 0.3 is 5.97 Å². The molecule has 3 N–H and O–H groups in total. The van der Waals surface area contributed by atoms with E-state index in [1.807, 2.05) is 42.5 Å². The van der Waals surface area contributed by atoms with Crippen molar-refractivity contribution < 1.29 is 24.5 Å². The van der Waals surface area contributed by atoms with Gasteiger partial charge in [0, 0.05) is 5.41 Å². The third kappa shape index (κ3) is 3.60. The van der Waals surface area contributed by atoms with Gasteiger partial charge < -0.3 is 20.3 Å². The fourth-order valence-corrected chi connectivity index (χ4v) is 3.66. The average Bonchev–Trinajstić information content (AvgIpc) is 3.30. The third-order valence-corrected chi connectivity index (χ3v) is 5.15. The minimum absolute atomic E-state index is 0.0525. The van der Waals surface area contributed by atoms with E-state index in [0.717, 1.165) is 5.56 Å². The zero-order valence-corrected chi connectivity index (χ0v) is 13.9. The number of benzene rings is 1. The summed E-state index contributed by atoms with van der Waals surface area (Å²) in [5.41, 5.74) is 0.434. The number of aliphatic carboxylic acids is 1. The molecule has 1 aromatic carbocycles. The highest BCUT2D eigenvalue weighted by Crippen LogP contribution is 2.44. The largest absolute Gasteiger partial charge is 0.479 e. The molecule has 6 heteroatoms. The summed E-state index contributed by atoms with van der Waals surface area (Å²) in [7, 11) is 0. The van der Waals surface area contributed by atoms with E-state index in [-0.39, 0.29) is 18.6 Å². The first kappa shape index (κ1) is 17.6. The number of amides is 1. The van der Waals surface area contributed by atoms with Crippen molar-refractivity contribution in [2.75, 3.05) is 6.61 Å². The number of carboxylic acid groups (broad SMARTS) is 1. The van der Waals surface area contributed by atoms with Crippen LogP contribution in [0.4, 0.5) is 0 Å². The van der Waals surface area contributed by atoms with Crippen LogP contribution >= 0.6 is 0 Å². The minimum Gasteiger partial charge on any atom is -0.479 e. The molecule has 0 aromatic heterocycles. The van der Waals surface area contributed by atoms with Crippen LogP contribution in [-0.4, -0.2) is 40.9 Å². The van der Waals surface area contributed by atoms with Crippen molar-refractivity contribution in [2.24, 2.45) is 5.41 Å². The van der Waals surface area contributed by atoms with Crippen LogP contribution in [0.5, 0.6) is 0 Å². The number of nitrogens with one attached hydrogen (secondary N) is 1. The van der Waals surface area contributed by atoms with E-state index < -0.39 is 23.6 Å². The van der Waals surface area contributed by atoms with Crippen molar-refractivity contribution in [1.82, 2.24) is 5.32 Å². The summed E-state index contributed by atoms with van der Waals surface area (Å²) in [4.78, 5) is 23.7. The molecule has 1 fully saturated rings. The zero-order valence-electron chi connectivity index (χ0n) is 13.9. The van der Waals surface area contributed by atoms with E-state index >= 15 is 0 Å². The van der Waals surface area contributed by atoms with Crippen LogP contribution < -0.4 is 5.32 Å². The Hall–Kier alpha value is -2.18. The van der Waals surface area contributed by atoms with E-state index in [1.54, 1.807) is 0 Å². The number of carboxylic acids is 1. The van der Waals surface area contributed by atoms with Crippen molar-refractivity contribution in [1.29, 1.82) is 0 Å². The summed E-state index contributed by atoms with van der Waals surface area (Å²) in [5.74, 6) is -1.36. The summed E-state index contributed by atoms with van der Waals surface area (Å²) in [5, 5.41) is 22.1. The Morgan fingerprint density at radius 1 is 1.16 bits per heavy atom. The van der Waals surface area contributed by atoms with Gasteiger partial charge in [-0.25, -0.2) is 4.79 Å². The number of hydrogen-bond acceptors (Lipinski definition) is 4. The van der Waals surface area contributed by atoms with E-state index in [0.29, 0.717) is 25.7 Å². The highest BCUT2D eigenvalue weighted by atomic mass is 16.5. The highest BCUT2D eigenvalue weighted by molar-refractivity contribution is 5.83. The molecule has 3 rings (SSSR count). The second-order valence-electron chi connectivity index (χ2n) is 6.78. The molecule has 1 aromatic rings. The first-order valence-corrected chi connectivity index (χ1v) is 8.55. The highest BCUT2D eigenvalue weighted by Gasteiger charge is 2.43. The predicted molar refractivity (Wildman–Crippen MR) is 90.7 cm³/mol. The lowest BCUT2D eigenvalue weighted by Gasteiger charge is -2.37. The van der Waals surface area contributed by atoms with Gasteiger partial charge in [0.1, 0.15) is 6.10 Å². The second kappa shape index (κ2) is 7.37. The lowest BCUT2D eigenvalue weighted by atomic mass is 9.75. The van der Waals surface area contributed by atoms with Crippen LogP contribution in [0.2, 0.25) is 0 Å². The molecule has 1 amide bonds. The monoisotopic (exact) mass is 345 g/mol. The first-order chi connectivity index (χ1) is 12.1. The van der Waals surface area contributed by atoms with Crippen LogP contribution in [0, 0.1) is 5.41 Å². The Kier molecular flexibility index (Phi) is 5.20. The topological polar surface area (TPSA) is 95.9 Å². The summed E-state index contributed by atoms with van der Waals surface area (Å²) >= 11 is 0. The van der Waals surface area contributed by atoms with Crippen molar-refractivity contribution in [3.63, 3.8) is 0 Å². The lowest BCUT2D eigenvalue weighted by Crippen LogP contribution is -2.45. The molecule has 25 heavy (non-hydrogen) atoms. The second-order valence-corrected chi connectivity index (χ2v) is 6.78. The molecule has 1 unspecified atom stereocenters. The third-order valence-electron chi connectivity index (χ3n) is 5.15.